The summed E-state index contributed by atoms with van der Waals surface area (Å²) in [6.07, 6.45) is 0. The lowest BCUT2D eigenvalue weighted by atomic mass is 10.2. The zero-order valence-electron chi connectivity index (χ0n) is 15.7. The summed E-state index contributed by atoms with van der Waals surface area (Å²) in [7, 11) is -2.67. The maximum Gasteiger partial charge on any atom is 0.337 e. The van der Waals surface area contributed by atoms with Crippen LogP contribution in [0, 0.1) is 0 Å². The van der Waals surface area contributed by atoms with Crippen molar-refractivity contribution in [1.82, 2.24) is 4.90 Å². The highest BCUT2D eigenvalue weighted by Crippen LogP contribution is 2.30. The number of sulfone groups is 1. The molecule has 2 aromatic rings. The van der Waals surface area contributed by atoms with Gasteiger partial charge in [0.15, 0.2) is 0 Å². The maximum absolute atomic E-state index is 13.1. The fraction of sp³-hybridized carbons (Fsp3) is 0.200. The molecule has 0 atom stereocenters. The van der Waals surface area contributed by atoms with E-state index in [-0.39, 0.29) is 46.4 Å². The first-order valence-corrected chi connectivity index (χ1v) is 10.3. The van der Waals surface area contributed by atoms with Crippen LogP contribution in [0.2, 0.25) is 0 Å². The molecule has 0 spiro atoms. The molecule has 0 bridgehead atoms. The molecule has 8 nitrogen and oxygen atoms in total. The van der Waals surface area contributed by atoms with E-state index in [0.29, 0.717) is 0 Å². The first kappa shape index (κ1) is 20.6. The van der Waals surface area contributed by atoms with Crippen LogP contribution in [0.15, 0.2) is 75.7 Å². The molecule has 1 aliphatic heterocycles. The molecule has 0 fully saturated rings. The number of ether oxygens (including phenoxy) is 1. The number of rotatable bonds is 7. The maximum atomic E-state index is 13.1. The number of β-amino-alcohol motifs (C(OH)–C–C–N with tert-alkyl or cyclic N) is 1. The number of amides is 1. The lowest BCUT2D eigenvalue weighted by Gasteiger charge is -2.16. The van der Waals surface area contributed by atoms with Crippen LogP contribution < -0.4 is 5.32 Å². The third-order valence-corrected chi connectivity index (χ3v) is 6.27. The molecular weight excluding hydrogens is 396 g/mol. The lowest BCUT2D eigenvalue weighted by Crippen LogP contribution is -2.31. The Morgan fingerprint density at radius 2 is 1.79 bits per heavy atom. The van der Waals surface area contributed by atoms with E-state index < -0.39 is 21.7 Å². The van der Waals surface area contributed by atoms with E-state index in [1.54, 1.807) is 30.3 Å². The third kappa shape index (κ3) is 4.01. The van der Waals surface area contributed by atoms with Crippen molar-refractivity contribution in [2.45, 2.75) is 9.79 Å². The van der Waals surface area contributed by atoms with E-state index in [1.165, 1.54) is 36.3 Å². The number of aliphatic hydroxyl groups is 1. The van der Waals surface area contributed by atoms with Gasteiger partial charge in [-0.15, -0.1) is 0 Å². The Morgan fingerprint density at radius 1 is 1.14 bits per heavy atom. The predicted octanol–water partition coefficient (Wildman–Crippen LogP) is 1.19. The summed E-state index contributed by atoms with van der Waals surface area (Å²) in [5.41, 5.74) is 0.158. The van der Waals surface area contributed by atoms with Crippen LogP contribution in [0.5, 0.6) is 0 Å². The zero-order chi connectivity index (χ0) is 21.0. The second-order valence-corrected chi connectivity index (χ2v) is 8.15. The molecule has 0 radical (unpaired) electrons. The number of hydrogen-bond acceptors (Lipinski definition) is 7. The van der Waals surface area contributed by atoms with Crippen molar-refractivity contribution in [3.05, 3.63) is 65.9 Å². The minimum Gasteiger partial charge on any atom is -0.466 e. The van der Waals surface area contributed by atoms with Crippen molar-refractivity contribution in [3.63, 3.8) is 0 Å². The van der Waals surface area contributed by atoms with Gasteiger partial charge in [0.2, 0.25) is 9.84 Å². The number of para-hydroxylation sites is 1. The number of carbonyl (C=O) groups is 2. The minimum absolute atomic E-state index is 0.0312. The van der Waals surface area contributed by atoms with Gasteiger partial charge in [0.1, 0.15) is 5.70 Å². The molecule has 2 aromatic carbocycles. The van der Waals surface area contributed by atoms with Crippen LogP contribution in [0.4, 0.5) is 5.69 Å². The Labute approximate surface area is 168 Å². The van der Waals surface area contributed by atoms with E-state index >= 15 is 0 Å². The summed E-state index contributed by atoms with van der Waals surface area (Å²) in [5.74, 6) is -1.23. The molecular formula is C20H20N2O6S. The number of esters is 1. The Morgan fingerprint density at radius 3 is 2.45 bits per heavy atom. The second-order valence-electron chi connectivity index (χ2n) is 6.23. The van der Waals surface area contributed by atoms with Crippen LogP contribution in [-0.2, 0) is 24.2 Å². The molecule has 2 N–H and O–H groups in total. The predicted molar refractivity (Wildman–Crippen MR) is 105 cm³/mol. The standard InChI is InChI=1S/C20H20N2O6S/c1-28-20(25)15-13-22(11-12-23)19(24)18(15)21-16-9-5-6-10-17(16)29(26,27)14-7-3-2-4-8-14/h2-10,21,23H,11-13H2,1H3. The van der Waals surface area contributed by atoms with Crippen molar-refractivity contribution in [3.8, 4) is 0 Å². The van der Waals surface area contributed by atoms with Gasteiger partial charge in [-0.1, -0.05) is 30.3 Å². The van der Waals surface area contributed by atoms with Gasteiger partial charge >= 0.3 is 5.97 Å². The third-order valence-electron chi connectivity index (χ3n) is 4.44. The number of benzene rings is 2. The van der Waals surface area contributed by atoms with Gasteiger partial charge in [0.05, 0.1) is 41.3 Å². The number of anilines is 1. The smallest absolute Gasteiger partial charge is 0.337 e. The van der Waals surface area contributed by atoms with Crippen LogP contribution >= 0.6 is 0 Å². The van der Waals surface area contributed by atoms with Crippen molar-refractivity contribution in [1.29, 1.82) is 0 Å². The zero-order valence-corrected chi connectivity index (χ0v) is 16.5. The van der Waals surface area contributed by atoms with Gasteiger partial charge in [0.25, 0.3) is 5.91 Å². The summed E-state index contributed by atoms with van der Waals surface area (Å²) in [5, 5.41) is 12.0. The van der Waals surface area contributed by atoms with E-state index in [4.69, 9.17) is 9.84 Å². The summed E-state index contributed by atoms with van der Waals surface area (Å²) in [6, 6.07) is 14.0. The van der Waals surface area contributed by atoms with Crippen LogP contribution in [0.25, 0.3) is 0 Å². The highest BCUT2D eigenvalue weighted by molar-refractivity contribution is 7.91. The van der Waals surface area contributed by atoms with E-state index in [9.17, 15) is 18.0 Å². The Bertz CT molecular complexity index is 1060. The first-order chi connectivity index (χ1) is 13.9. The molecule has 29 heavy (non-hydrogen) atoms. The van der Waals surface area contributed by atoms with E-state index in [2.05, 4.69) is 5.32 Å². The topological polar surface area (TPSA) is 113 Å². The molecule has 0 aromatic heterocycles. The van der Waals surface area contributed by atoms with E-state index in [0.717, 1.165) is 0 Å². The van der Waals surface area contributed by atoms with Crippen LogP contribution in [0.1, 0.15) is 0 Å². The number of nitrogens with one attached hydrogen (secondary N) is 1. The number of methoxy groups -OCH3 is 1. The molecule has 9 heteroatoms. The molecule has 1 heterocycles. The summed E-state index contributed by atoms with van der Waals surface area (Å²) >= 11 is 0. The molecule has 0 unspecified atom stereocenters. The molecule has 1 amide bonds. The Kier molecular flexibility index (Phi) is 6.00. The fourth-order valence-corrected chi connectivity index (χ4v) is 4.45. The summed E-state index contributed by atoms with van der Waals surface area (Å²) in [6.45, 7) is -0.275. The second kappa shape index (κ2) is 8.46. The minimum atomic E-state index is -3.86. The van der Waals surface area contributed by atoms with Crippen LogP contribution in [0.3, 0.4) is 0 Å². The average molecular weight is 416 g/mol. The normalized spacial score (nSPS) is 14.3. The Hall–Kier alpha value is -3.17. The van der Waals surface area contributed by atoms with Crippen molar-refractivity contribution < 1.29 is 27.9 Å². The number of hydrogen-bond donors (Lipinski definition) is 2. The molecule has 1 aliphatic rings. The number of aliphatic hydroxyl groups excluding tert-OH is 1. The fourth-order valence-electron chi connectivity index (χ4n) is 3.01. The van der Waals surface area contributed by atoms with Crippen molar-refractivity contribution in [2.75, 3.05) is 32.1 Å². The summed E-state index contributed by atoms with van der Waals surface area (Å²) in [4.78, 5) is 26.2. The Balaban J connectivity index is 2.04. The van der Waals surface area contributed by atoms with Gasteiger partial charge in [-0.3, -0.25) is 4.79 Å². The summed E-state index contributed by atoms with van der Waals surface area (Å²) < 4.78 is 30.9. The molecule has 0 saturated carbocycles. The lowest BCUT2D eigenvalue weighted by molar-refractivity contribution is -0.136. The largest absolute Gasteiger partial charge is 0.466 e. The molecule has 152 valence electrons. The van der Waals surface area contributed by atoms with E-state index in [1.807, 2.05) is 0 Å². The van der Waals surface area contributed by atoms with Gasteiger partial charge in [-0.05, 0) is 24.3 Å². The molecule has 0 aliphatic carbocycles. The van der Waals surface area contributed by atoms with Crippen molar-refractivity contribution >= 4 is 27.4 Å². The quantitative estimate of drug-likeness (QED) is 0.652. The number of nitrogens with zero attached hydrogens (tertiary/aromatic N) is 1. The van der Waals surface area contributed by atoms with Gasteiger partial charge in [-0.25, -0.2) is 13.2 Å². The SMILES string of the molecule is COC(=O)C1=C(Nc2ccccc2S(=O)(=O)c2ccccc2)C(=O)N(CCO)C1. The first-order valence-electron chi connectivity index (χ1n) is 8.78. The highest BCUT2D eigenvalue weighted by atomic mass is 32.2. The van der Waals surface area contributed by atoms with Crippen molar-refractivity contribution in [2.24, 2.45) is 0 Å². The monoisotopic (exact) mass is 416 g/mol. The van der Waals surface area contributed by atoms with Gasteiger partial charge < -0.3 is 20.1 Å². The van der Waals surface area contributed by atoms with Crippen LogP contribution in [-0.4, -0.2) is 57.1 Å². The highest BCUT2D eigenvalue weighted by Gasteiger charge is 2.35. The van der Waals surface area contributed by atoms with Gasteiger partial charge in [0, 0.05) is 6.54 Å². The molecule has 3 rings (SSSR count). The van der Waals surface area contributed by atoms with Gasteiger partial charge in [-0.2, -0.15) is 0 Å². The average Bonchev–Trinajstić information content (AvgIpc) is 3.04. The molecule has 0 saturated heterocycles. The number of carbonyl (C=O) groups excluding carboxylic acids is 2.